The van der Waals surface area contributed by atoms with Gasteiger partial charge in [-0.15, -0.1) is 0 Å². The zero-order valence-electron chi connectivity index (χ0n) is 10.5. The smallest absolute Gasteiger partial charge is 0.363 e. The number of aromatic nitrogens is 4. The molecular weight excluding hydrogens is 270 g/mol. The first kappa shape index (κ1) is 13.6. The fourth-order valence-corrected chi connectivity index (χ4v) is 1.59. The maximum atomic E-state index is 10.9. The minimum atomic E-state index is -1.46. The van der Waals surface area contributed by atoms with Crippen molar-refractivity contribution in [3.63, 3.8) is 0 Å². The molecule has 2 aromatic heterocycles. The van der Waals surface area contributed by atoms with Gasteiger partial charge in [-0.3, -0.25) is 14.8 Å². The molecule has 2 rings (SSSR count). The molecule has 0 aromatic carbocycles. The standard InChI is InChI=1S/C10H11N5O5/c1-2-3-8-11-7(13-20-8)5-14-4-6(15(18)19)9(12-14)10(16)17/h4H,2-3,5H2,1H3,(H,16,17). The van der Waals surface area contributed by atoms with Gasteiger partial charge in [-0.25, -0.2) is 4.79 Å². The zero-order valence-corrected chi connectivity index (χ0v) is 10.5. The third kappa shape index (κ3) is 2.79. The monoisotopic (exact) mass is 281 g/mol. The highest BCUT2D eigenvalue weighted by atomic mass is 16.6. The molecule has 2 heterocycles. The number of nitrogens with zero attached hydrogens (tertiary/aromatic N) is 5. The van der Waals surface area contributed by atoms with Crippen LogP contribution >= 0.6 is 0 Å². The van der Waals surface area contributed by atoms with Crippen LogP contribution in [0.15, 0.2) is 10.7 Å². The topological polar surface area (TPSA) is 137 Å². The Bertz CT molecular complexity index is 615. The van der Waals surface area contributed by atoms with Gasteiger partial charge in [0.1, 0.15) is 12.7 Å². The van der Waals surface area contributed by atoms with E-state index in [1.165, 1.54) is 0 Å². The number of hydrogen-bond donors (Lipinski definition) is 1. The average Bonchev–Trinajstić information content (AvgIpc) is 2.97. The van der Waals surface area contributed by atoms with Crippen molar-refractivity contribution in [3.8, 4) is 0 Å². The molecule has 20 heavy (non-hydrogen) atoms. The summed E-state index contributed by atoms with van der Waals surface area (Å²) < 4.78 is 6.06. The Labute approximate surface area is 112 Å². The molecule has 0 aliphatic carbocycles. The lowest BCUT2D eigenvalue weighted by atomic mass is 10.3. The van der Waals surface area contributed by atoms with Crippen LogP contribution in [0.2, 0.25) is 0 Å². The van der Waals surface area contributed by atoms with Crippen molar-refractivity contribution < 1.29 is 19.3 Å². The number of aromatic carboxylic acids is 1. The van der Waals surface area contributed by atoms with Gasteiger partial charge < -0.3 is 9.63 Å². The molecule has 2 aromatic rings. The second-order valence-electron chi connectivity index (χ2n) is 3.98. The third-order valence-electron chi connectivity index (χ3n) is 2.42. The molecule has 106 valence electrons. The van der Waals surface area contributed by atoms with E-state index in [0.29, 0.717) is 12.3 Å². The summed E-state index contributed by atoms with van der Waals surface area (Å²) >= 11 is 0. The lowest BCUT2D eigenvalue weighted by molar-refractivity contribution is -0.385. The van der Waals surface area contributed by atoms with Gasteiger partial charge in [0.05, 0.1) is 4.92 Å². The number of carbonyl (C=O) groups is 1. The van der Waals surface area contributed by atoms with Crippen LogP contribution in [0.4, 0.5) is 5.69 Å². The maximum Gasteiger partial charge on any atom is 0.363 e. The van der Waals surface area contributed by atoms with Crippen LogP contribution in [0.1, 0.15) is 35.5 Å². The van der Waals surface area contributed by atoms with Gasteiger partial charge in [-0.05, 0) is 6.42 Å². The predicted octanol–water partition coefficient (Wildman–Crippen LogP) is 0.873. The van der Waals surface area contributed by atoms with E-state index in [9.17, 15) is 14.9 Å². The van der Waals surface area contributed by atoms with E-state index < -0.39 is 22.3 Å². The number of carboxylic acid groups (broad SMARTS) is 1. The fraction of sp³-hybridized carbons (Fsp3) is 0.400. The largest absolute Gasteiger partial charge is 0.476 e. The number of hydrogen-bond acceptors (Lipinski definition) is 7. The summed E-state index contributed by atoms with van der Waals surface area (Å²) in [6.45, 7) is 1.96. The van der Waals surface area contributed by atoms with E-state index in [-0.39, 0.29) is 12.4 Å². The second-order valence-corrected chi connectivity index (χ2v) is 3.98. The summed E-state index contributed by atoms with van der Waals surface area (Å²) in [7, 11) is 0. The summed E-state index contributed by atoms with van der Waals surface area (Å²) in [5, 5.41) is 26.9. The first-order chi connectivity index (χ1) is 9.51. The average molecular weight is 281 g/mol. The zero-order chi connectivity index (χ0) is 14.7. The normalized spacial score (nSPS) is 10.7. The maximum absolute atomic E-state index is 10.9. The minimum absolute atomic E-state index is 0.00132. The van der Waals surface area contributed by atoms with Crippen LogP contribution in [0.25, 0.3) is 0 Å². The predicted molar refractivity (Wildman–Crippen MR) is 63.2 cm³/mol. The van der Waals surface area contributed by atoms with Crippen molar-refractivity contribution >= 4 is 11.7 Å². The fourth-order valence-electron chi connectivity index (χ4n) is 1.59. The van der Waals surface area contributed by atoms with E-state index >= 15 is 0 Å². The highest BCUT2D eigenvalue weighted by Crippen LogP contribution is 2.17. The van der Waals surface area contributed by atoms with Crippen LogP contribution in [-0.2, 0) is 13.0 Å². The Morgan fingerprint density at radius 1 is 1.60 bits per heavy atom. The molecule has 0 atom stereocenters. The second kappa shape index (κ2) is 5.47. The third-order valence-corrected chi connectivity index (χ3v) is 2.42. The Hall–Kier alpha value is -2.78. The van der Waals surface area contributed by atoms with Gasteiger partial charge in [0, 0.05) is 6.42 Å². The SMILES string of the molecule is CCCc1nc(Cn2cc([N+](=O)[O-])c(C(=O)O)n2)no1. The van der Waals surface area contributed by atoms with E-state index in [1.54, 1.807) is 0 Å². The number of carboxylic acids is 1. The van der Waals surface area contributed by atoms with E-state index in [0.717, 1.165) is 17.3 Å². The van der Waals surface area contributed by atoms with Gasteiger partial charge in [0.25, 0.3) is 0 Å². The van der Waals surface area contributed by atoms with Crippen molar-refractivity contribution in [1.82, 2.24) is 19.9 Å². The summed E-state index contributed by atoms with van der Waals surface area (Å²) in [5.41, 5.74) is -1.19. The molecule has 0 aliphatic heterocycles. The highest BCUT2D eigenvalue weighted by molar-refractivity contribution is 5.89. The first-order valence-electron chi connectivity index (χ1n) is 5.77. The lowest BCUT2D eigenvalue weighted by Gasteiger charge is -1.93. The summed E-state index contributed by atoms with van der Waals surface area (Å²) in [6, 6.07) is 0. The van der Waals surface area contributed by atoms with E-state index in [2.05, 4.69) is 15.2 Å². The first-order valence-corrected chi connectivity index (χ1v) is 5.77. The van der Waals surface area contributed by atoms with Crippen LogP contribution in [-0.4, -0.2) is 35.9 Å². The van der Waals surface area contributed by atoms with Crippen molar-refractivity contribution in [1.29, 1.82) is 0 Å². The molecule has 0 unspecified atom stereocenters. The van der Waals surface area contributed by atoms with Gasteiger partial charge in [0.15, 0.2) is 5.82 Å². The Morgan fingerprint density at radius 2 is 2.35 bits per heavy atom. The molecular formula is C10H11N5O5. The van der Waals surface area contributed by atoms with Crippen LogP contribution in [0, 0.1) is 10.1 Å². The molecule has 0 aliphatic rings. The van der Waals surface area contributed by atoms with Gasteiger partial charge in [0.2, 0.25) is 11.6 Å². The molecule has 0 amide bonds. The summed E-state index contributed by atoms with van der Waals surface area (Å²) in [4.78, 5) is 24.8. The number of rotatable bonds is 6. The summed E-state index contributed by atoms with van der Waals surface area (Å²) in [6.07, 6.45) is 2.50. The minimum Gasteiger partial charge on any atom is -0.476 e. The van der Waals surface area contributed by atoms with Crippen molar-refractivity contribution in [3.05, 3.63) is 33.7 Å². The van der Waals surface area contributed by atoms with Gasteiger partial charge in [-0.2, -0.15) is 10.1 Å². The molecule has 0 saturated heterocycles. The van der Waals surface area contributed by atoms with Crippen molar-refractivity contribution in [2.45, 2.75) is 26.3 Å². The Balaban J connectivity index is 2.22. The molecule has 0 radical (unpaired) electrons. The van der Waals surface area contributed by atoms with Crippen LogP contribution in [0.3, 0.4) is 0 Å². The molecule has 1 N–H and O–H groups in total. The van der Waals surface area contributed by atoms with E-state index in [4.69, 9.17) is 9.63 Å². The van der Waals surface area contributed by atoms with Crippen molar-refractivity contribution in [2.75, 3.05) is 0 Å². The van der Waals surface area contributed by atoms with E-state index in [1.807, 2.05) is 6.92 Å². The molecule has 10 heteroatoms. The van der Waals surface area contributed by atoms with Crippen LogP contribution < -0.4 is 0 Å². The Kier molecular flexibility index (Phi) is 3.73. The highest BCUT2D eigenvalue weighted by Gasteiger charge is 2.25. The molecule has 0 spiro atoms. The molecule has 0 bridgehead atoms. The van der Waals surface area contributed by atoms with Crippen LogP contribution in [0.5, 0.6) is 0 Å². The number of aryl methyl sites for hydroxylation is 1. The molecule has 0 saturated carbocycles. The Morgan fingerprint density at radius 3 is 2.90 bits per heavy atom. The molecule has 0 fully saturated rings. The lowest BCUT2D eigenvalue weighted by Crippen LogP contribution is -2.05. The van der Waals surface area contributed by atoms with Crippen molar-refractivity contribution in [2.24, 2.45) is 0 Å². The van der Waals surface area contributed by atoms with Gasteiger partial charge in [-0.1, -0.05) is 12.1 Å². The van der Waals surface area contributed by atoms with Gasteiger partial charge >= 0.3 is 11.7 Å². The number of nitro groups is 1. The summed E-state index contributed by atoms with van der Waals surface area (Å²) in [5.74, 6) is -0.722. The molecule has 10 nitrogen and oxygen atoms in total. The quantitative estimate of drug-likeness (QED) is 0.608.